The molecular formula is C9H11Cl2N3O2. The standard InChI is InChI=1S/C9H11Cl2N3O2/c1-2-3-4-16-9(15)14-8-12-6(10)5-7(11)13-8/h5H,2-4H2,1H3,(H,12,13,14,15). The zero-order valence-electron chi connectivity index (χ0n) is 8.67. The molecule has 0 aliphatic rings. The molecule has 0 unspecified atom stereocenters. The average Bonchev–Trinajstić information content (AvgIpc) is 2.16. The quantitative estimate of drug-likeness (QED) is 0.670. The molecule has 0 radical (unpaired) electrons. The minimum atomic E-state index is -0.619. The maximum atomic E-state index is 11.2. The normalized spacial score (nSPS) is 9.94. The van der Waals surface area contributed by atoms with E-state index in [4.69, 9.17) is 27.9 Å². The highest BCUT2D eigenvalue weighted by atomic mass is 35.5. The topological polar surface area (TPSA) is 64.1 Å². The van der Waals surface area contributed by atoms with Crippen molar-refractivity contribution in [1.82, 2.24) is 9.97 Å². The molecule has 1 heterocycles. The van der Waals surface area contributed by atoms with Gasteiger partial charge < -0.3 is 4.74 Å². The van der Waals surface area contributed by atoms with E-state index in [1.54, 1.807) is 0 Å². The van der Waals surface area contributed by atoms with E-state index < -0.39 is 6.09 Å². The fourth-order valence-electron chi connectivity index (χ4n) is 0.883. The maximum Gasteiger partial charge on any atom is 0.414 e. The summed E-state index contributed by atoms with van der Waals surface area (Å²) >= 11 is 11.3. The van der Waals surface area contributed by atoms with E-state index >= 15 is 0 Å². The predicted octanol–water partition coefficient (Wildman–Crippen LogP) is 3.13. The molecule has 88 valence electrons. The van der Waals surface area contributed by atoms with Gasteiger partial charge in [-0.3, -0.25) is 5.32 Å². The Hall–Kier alpha value is -1.07. The van der Waals surface area contributed by atoms with E-state index in [0.29, 0.717) is 6.61 Å². The van der Waals surface area contributed by atoms with Gasteiger partial charge in [0.05, 0.1) is 6.61 Å². The molecule has 0 bridgehead atoms. The van der Waals surface area contributed by atoms with Crippen molar-refractivity contribution in [2.75, 3.05) is 11.9 Å². The molecule has 16 heavy (non-hydrogen) atoms. The van der Waals surface area contributed by atoms with Crippen LogP contribution in [-0.2, 0) is 4.74 Å². The van der Waals surface area contributed by atoms with Crippen molar-refractivity contribution >= 4 is 35.2 Å². The largest absolute Gasteiger partial charge is 0.449 e. The molecule has 1 amide bonds. The van der Waals surface area contributed by atoms with Crippen molar-refractivity contribution in [1.29, 1.82) is 0 Å². The average molecular weight is 264 g/mol. The monoisotopic (exact) mass is 263 g/mol. The minimum Gasteiger partial charge on any atom is -0.449 e. The van der Waals surface area contributed by atoms with Gasteiger partial charge in [-0.25, -0.2) is 14.8 Å². The second kappa shape index (κ2) is 6.50. The van der Waals surface area contributed by atoms with Crippen LogP contribution in [0.4, 0.5) is 10.7 Å². The van der Waals surface area contributed by atoms with E-state index in [9.17, 15) is 4.79 Å². The highest BCUT2D eigenvalue weighted by molar-refractivity contribution is 6.33. The van der Waals surface area contributed by atoms with Crippen LogP contribution in [0.3, 0.4) is 0 Å². The smallest absolute Gasteiger partial charge is 0.414 e. The number of carbonyl (C=O) groups is 1. The molecule has 0 aliphatic heterocycles. The number of anilines is 1. The fourth-order valence-corrected chi connectivity index (χ4v) is 1.31. The molecule has 0 aliphatic carbocycles. The number of amides is 1. The third kappa shape index (κ3) is 4.63. The predicted molar refractivity (Wildman–Crippen MR) is 61.9 cm³/mol. The van der Waals surface area contributed by atoms with Crippen molar-refractivity contribution < 1.29 is 9.53 Å². The summed E-state index contributed by atoms with van der Waals surface area (Å²) in [6, 6.07) is 1.37. The molecule has 5 nitrogen and oxygen atoms in total. The molecular weight excluding hydrogens is 253 g/mol. The first-order valence-electron chi connectivity index (χ1n) is 4.75. The number of hydrogen-bond donors (Lipinski definition) is 1. The first-order chi connectivity index (χ1) is 7.61. The van der Waals surface area contributed by atoms with E-state index in [2.05, 4.69) is 15.3 Å². The molecule has 1 N–H and O–H groups in total. The van der Waals surface area contributed by atoms with Crippen molar-refractivity contribution in [3.05, 3.63) is 16.4 Å². The summed E-state index contributed by atoms with van der Waals surface area (Å²) < 4.78 is 4.85. The summed E-state index contributed by atoms with van der Waals surface area (Å²) in [7, 11) is 0. The Labute approximate surface area is 103 Å². The third-order valence-corrected chi connectivity index (χ3v) is 2.00. The number of ether oxygens (including phenoxy) is 1. The second-order valence-electron chi connectivity index (χ2n) is 2.95. The zero-order chi connectivity index (χ0) is 12.0. The maximum absolute atomic E-state index is 11.2. The Balaban J connectivity index is 2.49. The number of unbranched alkanes of at least 4 members (excludes halogenated alkanes) is 1. The number of hydrogen-bond acceptors (Lipinski definition) is 4. The van der Waals surface area contributed by atoms with Crippen LogP contribution >= 0.6 is 23.2 Å². The summed E-state index contributed by atoms with van der Waals surface area (Å²) in [5, 5.41) is 2.64. The Kier molecular flexibility index (Phi) is 5.28. The van der Waals surface area contributed by atoms with Crippen LogP contribution in [0.15, 0.2) is 6.07 Å². The van der Waals surface area contributed by atoms with Gasteiger partial charge in [-0.1, -0.05) is 36.5 Å². The van der Waals surface area contributed by atoms with Gasteiger partial charge in [0.25, 0.3) is 0 Å². The molecule has 1 aromatic heterocycles. The number of halogens is 2. The summed E-state index contributed by atoms with van der Waals surface area (Å²) in [5.41, 5.74) is 0. The molecule has 0 fully saturated rings. The van der Waals surface area contributed by atoms with Gasteiger partial charge in [-0.2, -0.15) is 0 Å². The first kappa shape index (κ1) is 13.0. The van der Waals surface area contributed by atoms with Crippen LogP contribution in [-0.4, -0.2) is 22.7 Å². The van der Waals surface area contributed by atoms with Crippen molar-refractivity contribution in [3.63, 3.8) is 0 Å². The van der Waals surface area contributed by atoms with Crippen molar-refractivity contribution in [3.8, 4) is 0 Å². The van der Waals surface area contributed by atoms with Crippen molar-refractivity contribution in [2.24, 2.45) is 0 Å². The van der Waals surface area contributed by atoms with Gasteiger partial charge in [0.15, 0.2) is 0 Å². The fraction of sp³-hybridized carbons (Fsp3) is 0.444. The molecule has 1 aromatic rings. The molecule has 0 aromatic carbocycles. The molecule has 0 atom stereocenters. The molecule has 7 heteroatoms. The summed E-state index contributed by atoms with van der Waals surface area (Å²) in [5.74, 6) is 0.0269. The summed E-state index contributed by atoms with van der Waals surface area (Å²) in [6.07, 6.45) is 1.14. The lowest BCUT2D eigenvalue weighted by molar-refractivity contribution is 0.159. The van der Waals surface area contributed by atoms with Crippen LogP contribution in [0.2, 0.25) is 10.3 Å². The lowest BCUT2D eigenvalue weighted by Gasteiger charge is -2.05. The van der Waals surface area contributed by atoms with E-state index in [0.717, 1.165) is 12.8 Å². The Morgan fingerprint density at radius 1 is 1.44 bits per heavy atom. The number of nitrogens with zero attached hydrogens (tertiary/aromatic N) is 2. The van der Waals surface area contributed by atoms with Crippen LogP contribution in [0, 0.1) is 0 Å². The van der Waals surface area contributed by atoms with Gasteiger partial charge in [0, 0.05) is 6.07 Å². The first-order valence-corrected chi connectivity index (χ1v) is 5.51. The molecule has 0 saturated carbocycles. The van der Waals surface area contributed by atoms with Crippen LogP contribution in [0.25, 0.3) is 0 Å². The minimum absolute atomic E-state index is 0.0269. The number of carbonyl (C=O) groups excluding carboxylic acids is 1. The highest BCUT2D eigenvalue weighted by Crippen LogP contribution is 2.14. The van der Waals surface area contributed by atoms with E-state index in [-0.39, 0.29) is 16.3 Å². The zero-order valence-corrected chi connectivity index (χ0v) is 10.2. The van der Waals surface area contributed by atoms with Gasteiger partial charge in [-0.15, -0.1) is 0 Å². The Bertz CT molecular complexity index is 354. The van der Waals surface area contributed by atoms with Gasteiger partial charge >= 0.3 is 6.09 Å². The highest BCUT2D eigenvalue weighted by Gasteiger charge is 2.07. The second-order valence-corrected chi connectivity index (χ2v) is 3.73. The summed E-state index contributed by atoms with van der Waals surface area (Å²) in [4.78, 5) is 18.7. The summed E-state index contributed by atoms with van der Waals surface area (Å²) in [6.45, 7) is 2.36. The van der Waals surface area contributed by atoms with Gasteiger partial charge in [0.2, 0.25) is 5.95 Å². The molecule has 1 rings (SSSR count). The van der Waals surface area contributed by atoms with Crippen LogP contribution in [0.5, 0.6) is 0 Å². The number of nitrogens with one attached hydrogen (secondary N) is 1. The van der Waals surface area contributed by atoms with Crippen molar-refractivity contribution in [2.45, 2.75) is 19.8 Å². The van der Waals surface area contributed by atoms with E-state index in [1.807, 2.05) is 6.92 Å². The lowest BCUT2D eigenvalue weighted by atomic mass is 10.4. The SMILES string of the molecule is CCCCOC(=O)Nc1nc(Cl)cc(Cl)n1. The number of rotatable bonds is 4. The Morgan fingerprint density at radius 3 is 2.62 bits per heavy atom. The van der Waals surface area contributed by atoms with Gasteiger partial charge in [-0.05, 0) is 6.42 Å². The molecule has 0 spiro atoms. The third-order valence-electron chi connectivity index (χ3n) is 1.61. The van der Waals surface area contributed by atoms with Crippen LogP contribution < -0.4 is 5.32 Å². The van der Waals surface area contributed by atoms with Gasteiger partial charge in [0.1, 0.15) is 10.3 Å². The molecule has 0 saturated heterocycles. The lowest BCUT2D eigenvalue weighted by Crippen LogP contribution is -2.16. The Morgan fingerprint density at radius 2 is 2.06 bits per heavy atom. The number of aromatic nitrogens is 2. The van der Waals surface area contributed by atoms with E-state index in [1.165, 1.54) is 6.07 Å². The van der Waals surface area contributed by atoms with Crippen LogP contribution in [0.1, 0.15) is 19.8 Å².